The van der Waals surface area contributed by atoms with Crippen LogP contribution in [0.3, 0.4) is 0 Å². The summed E-state index contributed by atoms with van der Waals surface area (Å²) in [6, 6.07) is 7.66. The van der Waals surface area contributed by atoms with E-state index in [0.29, 0.717) is 5.69 Å². The molecule has 0 radical (unpaired) electrons. The molecule has 0 aliphatic rings. The molecule has 9 heteroatoms. The van der Waals surface area contributed by atoms with Crippen molar-refractivity contribution < 1.29 is 14.3 Å². The van der Waals surface area contributed by atoms with Gasteiger partial charge in [0, 0.05) is 11.1 Å². The molecule has 0 unspecified atom stereocenters. The highest BCUT2D eigenvalue weighted by Crippen LogP contribution is 2.23. The first kappa shape index (κ1) is 15.5. The number of aromatic amines is 1. The first-order chi connectivity index (χ1) is 11.5. The maximum absolute atomic E-state index is 12.2. The van der Waals surface area contributed by atoms with Crippen LogP contribution in [0.1, 0.15) is 5.69 Å². The largest absolute Gasteiger partial charge is 0.453 e. The fourth-order valence-electron chi connectivity index (χ4n) is 2.31. The molecule has 0 fully saturated rings. The van der Waals surface area contributed by atoms with Crippen molar-refractivity contribution in [1.82, 2.24) is 20.0 Å². The van der Waals surface area contributed by atoms with Crippen molar-refractivity contribution in [3.63, 3.8) is 0 Å². The van der Waals surface area contributed by atoms with Crippen LogP contribution in [0.5, 0.6) is 0 Å². The Hall–Kier alpha value is -3.36. The minimum Gasteiger partial charge on any atom is -0.453 e. The van der Waals surface area contributed by atoms with Gasteiger partial charge in [0.1, 0.15) is 6.54 Å². The van der Waals surface area contributed by atoms with E-state index in [0.717, 1.165) is 16.6 Å². The molecular weight excluding hydrogens is 312 g/mol. The minimum absolute atomic E-state index is 0.0844. The third-order valence-corrected chi connectivity index (χ3v) is 3.30. The fraction of sp³-hybridized carbons (Fsp3) is 0.200. The molecule has 2 heterocycles. The summed E-state index contributed by atoms with van der Waals surface area (Å²) in [7, 11) is 1.25. The van der Waals surface area contributed by atoms with Gasteiger partial charge in [0.15, 0.2) is 5.82 Å². The van der Waals surface area contributed by atoms with Crippen LogP contribution in [0.15, 0.2) is 30.5 Å². The van der Waals surface area contributed by atoms with Gasteiger partial charge in [0.05, 0.1) is 24.5 Å². The summed E-state index contributed by atoms with van der Waals surface area (Å²) >= 11 is 0. The Balaban J connectivity index is 1.68. The van der Waals surface area contributed by atoms with E-state index in [4.69, 9.17) is 0 Å². The van der Waals surface area contributed by atoms with E-state index in [1.807, 2.05) is 31.2 Å². The van der Waals surface area contributed by atoms with E-state index in [1.165, 1.54) is 18.1 Å². The van der Waals surface area contributed by atoms with Crippen molar-refractivity contribution in [2.75, 3.05) is 17.7 Å². The second-order valence-electron chi connectivity index (χ2n) is 5.15. The summed E-state index contributed by atoms with van der Waals surface area (Å²) in [6.45, 7) is 1.87. The molecule has 124 valence electrons. The quantitative estimate of drug-likeness (QED) is 0.676. The first-order valence-corrected chi connectivity index (χ1v) is 7.18. The normalized spacial score (nSPS) is 10.6. The summed E-state index contributed by atoms with van der Waals surface area (Å²) in [5, 5.41) is 14.1. The van der Waals surface area contributed by atoms with Gasteiger partial charge in [-0.3, -0.25) is 10.1 Å². The highest BCUT2D eigenvalue weighted by atomic mass is 16.5. The van der Waals surface area contributed by atoms with E-state index < -0.39 is 6.09 Å². The Morgan fingerprint density at radius 3 is 2.96 bits per heavy atom. The lowest BCUT2D eigenvalue weighted by atomic mass is 10.2. The van der Waals surface area contributed by atoms with Crippen LogP contribution in [0.2, 0.25) is 0 Å². The van der Waals surface area contributed by atoms with Crippen LogP contribution in [0.4, 0.5) is 16.3 Å². The Labute approximate surface area is 137 Å². The molecule has 3 N–H and O–H groups in total. The van der Waals surface area contributed by atoms with Gasteiger partial charge in [-0.2, -0.15) is 9.90 Å². The number of hydrogen-bond donors (Lipinski definition) is 3. The van der Waals surface area contributed by atoms with Gasteiger partial charge in [-0.15, -0.1) is 5.10 Å². The highest BCUT2D eigenvalue weighted by molar-refractivity contribution is 6.00. The number of H-pyrrole nitrogens is 1. The van der Waals surface area contributed by atoms with Gasteiger partial charge < -0.3 is 15.0 Å². The van der Waals surface area contributed by atoms with E-state index in [1.54, 1.807) is 0 Å². The number of aryl methyl sites for hydroxylation is 1. The zero-order chi connectivity index (χ0) is 17.1. The lowest BCUT2D eigenvalue weighted by molar-refractivity contribution is -0.117. The van der Waals surface area contributed by atoms with Crippen LogP contribution in [-0.2, 0) is 16.1 Å². The van der Waals surface area contributed by atoms with Crippen molar-refractivity contribution in [1.29, 1.82) is 0 Å². The Morgan fingerprint density at radius 2 is 2.17 bits per heavy atom. The average Bonchev–Trinajstić information content (AvgIpc) is 3.13. The third kappa shape index (κ3) is 3.35. The van der Waals surface area contributed by atoms with Gasteiger partial charge in [-0.05, 0) is 19.1 Å². The number of anilines is 2. The van der Waals surface area contributed by atoms with Crippen LogP contribution in [-0.4, -0.2) is 39.1 Å². The molecule has 9 nitrogen and oxygen atoms in total. The Morgan fingerprint density at radius 1 is 1.33 bits per heavy atom. The molecule has 0 saturated heterocycles. The predicted octanol–water partition coefficient (Wildman–Crippen LogP) is 1.88. The molecule has 0 saturated carbocycles. The summed E-state index contributed by atoms with van der Waals surface area (Å²) in [4.78, 5) is 27.7. The monoisotopic (exact) mass is 328 g/mol. The van der Waals surface area contributed by atoms with Crippen LogP contribution >= 0.6 is 0 Å². The molecule has 2 aromatic heterocycles. The van der Waals surface area contributed by atoms with Crippen LogP contribution in [0.25, 0.3) is 10.9 Å². The molecule has 3 rings (SSSR count). The summed E-state index contributed by atoms with van der Waals surface area (Å²) in [5.41, 5.74) is 2.56. The lowest BCUT2D eigenvalue weighted by Gasteiger charge is -2.06. The molecule has 0 bridgehead atoms. The van der Waals surface area contributed by atoms with Gasteiger partial charge in [-0.1, -0.05) is 12.1 Å². The number of carbonyl (C=O) groups excluding carboxylic acids is 2. The molecular formula is C15H16N6O3. The van der Waals surface area contributed by atoms with E-state index in [-0.39, 0.29) is 18.3 Å². The fourth-order valence-corrected chi connectivity index (χ4v) is 2.31. The molecule has 2 amide bonds. The number of fused-ring (bicyclic) bond motifs is 1. The molecule has 1 aromatic carbocycles. The second kappa shape index (κ2) is 6.41. The van der Waals surface area contributed by atoms with Gasteiger partial charge >= 0.3 is 6.09 Å². The van der Waals surface area contributed by atoms with Crippen LogP contribution < -0.4 is 10.6 Å². The zero-order valence-corrected chi connectivity index (χ0v) is 13.2. The smallest absolute Gasteiger partial charge is 0.412 e. The standard InChI is InChI=1S/C15H16N6O3/c1-9-6-10-4-3-5-11(14(10)17-9)18-13(22)8-21-16-7-12(20-21)19-15(23)24-2/h3-7,17H,8H2,1-2H3,(H,18,22)(H,19,20,23). The molecule has 0 atom stereocenters. The maximum atomic E-state index is 12.2. The first-order valence-electron chi connectivity index (χ1n) is 7.18. The number of methoxy groups -OCH3 is 1. The number of carbonyl (C=O) groups is 2. The van der Waals surface area contributed by atoms with E-state index >= 15 is 0 Å². The highest BCUT2D eigenvalue weighted by Gasteiger charge is 2.11. The number of para-hydroxylation sites is 1. The summed E-state index contributed by atoms with van der Waals surface area (Å²) < 4.78 is 4.46. The SMILES string of the molecule is COC(=O)Nc1cnn(CC(=O)Nc2cccc3cc(C)[nH]c23)n1. The van der Waals surface area contributed by atoms with Crippen LogP contribution in [0, 0.1) is 6.92 Å². The minimum atomic E-state index is -0.653. The van der Waals surface area contributed by atoms with E-state index in [2.05, 4.69) is 30.6 Å². The lowest BCUT2D eigenvalue weighted by Crippen LogP contribution is -2.20. The number of rotatable bonds is 4. The van der Waals surface area contributed by atoms with Crippen molar-refractivity contribution in [2.24, 2.45) is 0 Å². The molecule has 3 aromatic rings. The maximum Gasteiger partial charge on any atom is 0.412 e. The predicted molar refractivity (Wildman–Crippen MR) is 87.7 cm³/mol. The number of ether oxygens (including phenoxy) is 1. The summed E-state index contributed by atoms with van der Waals surface area (Å²) in [6.07, 6.45) is 0.680. The topological polar surface area (TPSA) is 114 Å². The number of nitrogens with zero attached hydrogens (tertiary/aromatic N) is 3. The molecule has 0 aliphatic heterocycles. The second-order valence-corrected chi connectivity index (χ2v) is 5.15. The Bertz CT molecular complexity index is 898. The Kier molecular flexibility index (Phi) is 4.15. The molecule has 0 spiro atoms. The van der Waals surface area contributed by atoms with Gasteiger partial charge in [0.25, 0.3) is 0 Å². The van der Waals surface area contributed by atoms with Crippen molar-refractivity contribution in [2.45, 2.75) is 13.5 Å². The third-order valence-electron chi connectivity index (χ3n) is 3.30. The number of amides is 2. The zero-order valence-electron chi connectivity index (χ0n) is 13.2. The van der Waals surface area contributed by atoms with Crippen molar-refractivity contribution in [3.8, 4) is 0 Å². The van der Waals surface area contributed by atoms with Gasteiger partial charge in [0.2, 0.25) is 5.91 Å². The summed E-state index contributed by atoms with van der Waals surface area (Å²) in [5.74, 6) is -0.0771. The van der Waals surface area contributed by atoms with Crippen molar-refractivity contribution in [3.05, 3.63) is 36.2 Å². The average molecular weight is 328 g/mol. The molecule has 0 aliphatic carbocycles. The van der Waals surface area contributed by atoms with E-state index in [9.17, 15) is 9.59 Å². The number of benzene rings is 1. The number of nitrogens with one attached hydrogen (secondary N) is 3. The molecule has 24 heavy (non-hydrogen) atoms. The van der Waals surface area contributed by atoms with Gasteiger partial charge in [-0.25, -0.2) is 4.79 Å². The number of aromatic nitrogens is 4. The number of hydrogen-bond acceptors (Lipinski definition) is 5. The van der Waals surface area contributed by atoms with Crippen molar-refractivity contribution >= 4 is 34.4 Å².